The summed E-state index contributed by atoms with van der Waals surface area (Å²) in [6.45, 7) is 9.82. The number of hydrogen-bond acceptors (Lipinski definition) is 10. The number of carboxylic acids is 2. The largest absolute Gasteiger partial charge is 0.508 e. The Balaban J connectivity index is 0.00000251. The van der Waals surface area contributed by atoms with E-state index in [0.717, 1.165) is 12.8 Å². The van der Waals surface area contributed by atoms with Crippen LogP contribution >= 0.6 is 0 Å². The van der Waals surface area contributed by atoms with Crippen molar-refractivity contribution in [2.45, 2.75) is 135 Å². The Bertz CT molecular complexity index is 1680. The first-order valence-electron chi connectivity index (χ1n) is 20.4. The molecule has 5 atom stereocenters. The molecule has 0 radical (unpaired) electrons. The van der Waals surface area contributed by atoms with Gasteiger partial charge in [-0.25, -0.2) is 9.59 Å². The third kappa shape index (κ3) is 20.3. The number of amides is 5. The Morgan fingerprint density at radius 2 is 1.47 bits per heavy atom. The first kappa shape index (κ1) is 54.3. The highest BCUT2D eigenvalue weighted by Gasteiger charge is 2.41. The zero-order valence-electron chi connectivity index (χ0n) is 35.9. The molecule has 0 saturated carbocycles. The lowest BCUT2D eigenvalue weighted by Gasteiger charge is -2.33. The van der Waals surface area contributed by atoms with Crippen molar-refractivity contribution in [2.24, 2.45) is 33.5 Å². The van der Waals surface area contributed by atoms with Gasteiger partial charge in [-0.3, -0.25) is 29.0 Å². The highest BCUT2D eigenvalue weighted by Crippen LogP contribution is 2.23. The van der Waals surface area contributed by atoms with Crippen molar-refractivity contribution in [1.82, 2.24) is 26.2 Å². The number of likely N-dealkylation sites (tertiary alicyclic amines) is 1. The van der Waals surface area contributed by atoms with Gasteiger partial charge in [0.1, 0.15) is 36.0 Å². The van der Waals surface area contributed by atoms with E-state index in [-0.39, 0.29) is 62.3 Å². The summed E-state index contributed by atoms with van der Waals surface area (Å²) in [6, 6.07) is 0.564. The zero-order valence-corrected chi connectivity index (χ0v) is 35.9. The van der Waals surface area contributed by atoms with Crippen LogP contribution in [0.4, 0.5) is 13.2 Å². The number of nitrogens with zero attached hydrogens (tertiary/aromatic N) is 2. The van der Waals surface area contributed by atoms with Gasteiger partial charge in [0.05, 0.1) is 0 Å². The Morgan fingerprint density at radius 3 is 1.98 bits per heavy atom. The summed E-state index contributed by atoms with van der Waals surface area (Å²) in [5, 5.41) is 37.6. The van der Waals surface area contributed by atoms with Crippen molar-refractivity contribution in [3.8, 4) is 5.75 Å². The summed E-state index contributed by atoms with van der Waals surface area (Å²) < 4.78 is 31.7. The average molecular weight is 888 g/mol. The minimum atomic E-state index is -5.08. The molecule has 0 unspecified atom stereocenters. The fourth-order valence-electron chi connectivity index (χ4n) is 6.35. The summed E-state index contributed by atoms with van der Waals surface area (Å²) in [5.41, 5.74) is 16.2. The topological polar surface area (TPSA) is 322 Å². The lowest BCUT2D eigenvalue weighted by molar-refractivity contribution is -0.192. The van der Waals surface area contributed by atoms with Gasteiger partial charge in [0.25, 0.3) is 0 Å². The van der Waals surface area contributed by atoms with E-state index in [9.17, 15) is 52.2 Å². The van der Waals surface area contributed by atoms with Crippen LogP contribution in [0.25, 0.3) is 0 Å². The Labute approximate surface area is 359 Å². The van der Waals surface area contributed by atoms with Gasteiger partial charge in [0.2, 0.25) is 29.5 Å². The second kappa shape index (κ2) is 26.0. The molecular formula is C40H64F3N9O10. The molecule has 0 aliphatic carbocycles. The highest BCUT2D eigenvalue weighted by molar-refractivity contribution is 5.96. The van der Waals surface area contributed by atoms with Gasteiger partial charge in [-0.05, 0) is 80.5 Å². The average Bonchev–Trinajstić information content (AvgIpc) is 3.66. The molecule has 1 aliphatic rings. The van der Waals surface area contributed by atoms with E-state index in [1.807, 2.05) is 13.8 Å². The maximum absolute atomic E-state index is 14.1. The van der Waals surface area contributed by atoms with E-state index in [2.05, 4.69) is 26.3 Å². The van der Waals surface area contributed by atoms with Gasteiger partial charge in [0.15, 0.2) is 5.96 Å². The van der Waals surface area contributed by atoms with Gasteiger partial charge in [-0.2, -0.15) is 13.2 Å². The summed E-state index contributed by atoms with van der Waals surface area (Å²) in [7, 11) is 0. The quantitative estimate of drug-likeness (QED) is 0.0446. The monoisotopic (exact) mass is 887 g/mol. The maximum Gasteiger partial charge on any atom is 0.490 e. The molecule has 1 aromatic carbocycles. The molecule has 350 valence electrons. The molecule has 1 aromatic rings. The fourth-order valence-corrected chi connectivity index (χ4v) is 6.35. The molecule has 1 saturated heterocycles. The number of unbranched alkanes of at least 4 members (excludes halogenated alkanes) is 2. The number of hydrogen-bond donors (Lipinski definition) is 10. The van der Waals surface area contributed by atoms with E-state index in [1.54, 1.807) is 32.9 Å². The Kier molecular flexibility index (Phi) is 22.7. The number of carbonyl (C=O) groups excluding carboxylic acids is 5. The number of phenols is 1. The van der Waals surface area contributed by atoms with E-state index in [1.165, 1.54) is 17.0 Å². The van der Waals surface area contributed by atoms with Crippen LogP contribution in [0.2, 0.25) is 0 Å². The molecule has 22 heteroatoms. The molecule has 5 amide bonds. The fraction of sp³-hybridized carbons (Fsp3) is 0.650. The van der Waals surface area contributed by atoms with Crippen LogP contribution in [0.1, 0.15) is 98.0 Å². The number of carboxylic acid groups (broad SMARTS) is 2. The first-order valence-corrected chi connectivity index (χ1v) is 20.4. The van der Waals surface area contributed by atoms with Crippen LogP contribution in [0.15, 0.2) is 29.3 Å². The predicted molar refractivity (Wildman–Crippen MR) is 222 cm³/mol. The molecule has 62 heavy (non-hydrogen) atoms. The van der Waals surface area contributed by atoms with Crippen molar-refractivity contribution in [2.75, 3.05) is 19.6 Å². The van der Waals surface area contributed by atoms with Gasteiger partial charge < -0.3 is 58.7 Å². The number of aliphatic carboxylic acids is 2. The maximum atomic E-state index is 14.1. The van der Waals surface area contributed by atoms with Gasteiger partial charge in [0, 0.05) is 25.9 Å². The second-order valence-electron chi connectivity index (χ2n) is 16.4. The minimum absolute atomic E-state index is 0.00301. The number of halogens is 3. The molecule has 13 N–H and O–H groups in total. The SMILES string of the molecule is CC(C)C[C@H](NC(=O)[C@@H](NC(=O)[C@H](Cc1ccc(O)cc1)NC(=O)[C@@H]1CCCN1C(=O)[C@H](CCCN=C(N)N)NC(=O)CCCCCN)C(C)(C)C)C(=O)O.O=C(O)C(F)(F)F. The number of benzene rings is 1. The van der Waals surface area contributed by atoms with Gasteiger partial charge >= 0.3 is 18.1 Å². The number of aliphatic imine (C=N–C) groups is 1. The smallest absolute Gasteiger partial charge is 0.490 e. The Morgan fingerprint density at radius 1 is 0.855 bits per heavy atom. The van der Waals surface area contributed by atoms with Crippen molar-refractivity contribution >= 4 is 47.4 Å². The lowest BCUT2D eigenvalue weighted by atomic mass is 9.85. The van der Waals surface area contributed by atoms with E-state index >= 15 is 0 Å². The minimum Gasteiger partial charge on any atom is -0.508 e. The number of guanidine groups is 1. The van der Waals surface area contributed by atoms with Crippen LogP contribution in [-0.4, -0.2) is 124 Å². The van der Waals surface area contributed by atoms with E-state index in [0.29, 0.717) is 37.8 Å². The molecule has 19 nitrogen and oxygen atoms in total. The number of alkyl halides is 3. The van der Waals surface area contributed by atoms with E-state index < -0.39 is 77.4 Å². The molecule has 0 bridgehead atoms. The van der Waals surface area contributed by atoms with Crippen LogP contribution in [0.3, 0.4) is 0 Å². The van der Waals surface area contributed by atoms with Gasteiger partial charge in [-0.1, -0.05) is 53.2 Å². The lowest BCUT2D eigenvalue weighted by Crippen LogP contribution is -2.61. The first-order chi connectivity index (χ1) is 28.8. The third-order valence-corrected chi connectivity index (χ3v) is 9.51. The highest BCUT2D eigenvalue weighted by atomic mass is 19.4. The second-order valence-corrected chi connectivity index (χ2v) is 16.4. The summed E-state index contributed by atoms with van der Waals surface area (Å²) in [6.07, 6.45) is -1.18. The molecular weight excluding hydrogens is 823 g/mol. The molecule has 0 spiro atoms. The number of rotatable bonds is 22. The zero-order chi connectivity index (χ0) is 47.4. The van der Waals surface area contributed by atoms with Crippen LogP contribution < -0.4 is 38.5 Å². The molecule has 1 fully saturated rings. The predicted octanol–water partition coefficient (Wildman–Crippen LogP) is 1.25. The van der Waals surface area contributed by atoms with Crippen LogP contribution in [-0.2, 0) is 40.0 Å². The number of carbonyl (C=O) groups is 7. The standard InChI is InChI=1S/C38H63N9O8.C2HF3O2/c1-23(2)21-28(36(54)55)45-34(52)31(38(3,4)5)46-32(50)27(22-24-14-16-25(48)17-15-24)44-33(51)29-12-10-20-47(29)35(53)26(11-9-19-42-37(40)41)43-30(49)13-7-6-8-18-39;3-2(4,5)1(6)7/h14-17,23,26-29,31,48H,6-13,18-22,39H2,1-5H3,(H,43,49)(H,44,51)(H,45,52)(H,46,50)(H,54,55)(H4,40,41,42);(H,6,7)/t26-,27-,28-,29-,31+;/m0./s1. The van der Waals surface area contributed by atoms with Gasteiger partial charge in [-0.15, -0.1) is 0 Å². The van der Waals surface area contributed by atoms with E-state index in [4.69, 9.17) is 27.1 Å². The number of aromatic hydroxyl groups is 1. The number of nitrogens with one attached hydrogen (secondary N) is 4. The van der Waals surface area contributed by atoms with Crippen LogP contribution in [0, 0.1) is 11.3 Å². The summed E-state index contributed by atoms with van der Waals surface area (Å²) >= 11 is 0. The summed E-state index contributed by atoms with van der Waals surface area (Å²) in [5.74, 6) is -6.83. The molecule has 1 heterocycles. The normalized spacial score (nSPS) is 15.8. The molecule has 1 aliphatic heterocycles. The van der Waals surface area contributed by atoms with Crippen molar-refractivity contribution in [1.29, 1.82) is 0 Å². The number of phenolic OH excluding ortho intramolecular Hbond substituents is 1. The molecule has 0 aromatic heterocycles. The molecule has 2 rings (SSSR count). The van der Waals surface area contributed by atoms with Crippen molar-refractivity contribution in [3.63, 3.8) is 0 Å². The third-order valence-electron chi connectivity index (χ3n) is 9.51. The Hall–Kier alpha value is -5.67. The van der Waals surface area contributed by atoms with Crippen molar-refractivity contribution in [3.05, 3.63) is 29.8 Å². The van der Waals surface area contributed by atoms with Crippen molar-refractivity contribution < 1.29 is 62.1 Å². The number of nitrogens with two attached hydrogens (primary N) is 3. The van der Waals surface area contributed by atoms with Crippen LogP contribution in [0.5, 0.6) is 5.75 Å². The summed E-state index contributed by atoms with van der Waals surface area (Å²) in [4.78, 5) is 94.7.